The highest BCUT2D eigenvalue weighted by atomic mass is 32.2. The van der Waals surface area contributed by atoms with Gasteiger partial charge in [-0.25, -0.2) is 0 Å². The second-order valence-corrected chi connectivity index (χ2v) is 5.54. The molecule has 0 saturated heterocycles. The van der Waals surface area contributed by atoms with Crippen molar-refractivity contribution in [2.75, 3.05) is 12.3 Å². The molecule has 1 aromatic carbocycles. The predicted octanol–water partition coefficient (Wildman–Crippen LogP) is 3.87. The molecule has 0 aliphatic carbocycles. The van der Waals surface area contributed by atoms with Crippen molar-refractivity contribution < 1.29 is 4.42 Å². The van der Waals surface area contributed by atoms with E-state index in [0.717, 1.165) is 42.5 Å². The first-order chi connectivity index (χ1) is 9.38. The van der Waals surface area contributed by atoms with Gasteiger partial charge in [-0.1, -0.05) is 37.3 Å². The first kappa shape index (κ1) is 14.2. The molecule has 3 heteroatoms. The zero-order valence-corrected chi connectivity index (χ0v) is 12.2. The summed E-state index contributed by atoms with van der Waals surface area (Å²) in [6.07, 6.45) is 0.975. The van der Waals surface area contributed by atoms with Crippen LogP contribution in [0, 0.1) is 0 Å². The first-order valence-corrected chi connectivity index (χ1v) is 7.94. The van der Waals surface area contributed by atoms with Gasteiger partial charge in [-0.2, -0.15) is 11.8 Å². The smallest absolute Gasteiger partial charge is 0.114 e. The summed E-state index contributed by atoms with van der Waals surface area (Å²) in [5.41, 5.74) is 1.34. The minimum Gasteiger partial charge on any atom is -0.465 e. The largest absolute Gasteiger partial charge is 0.465 e. The van der Waals surface area contributed by atoms with Crippen LogP contribution < -0.4 is 5.32 Å². The van der Waals surface area contributed by atoms with Gasteiger partial charge in [-0.05, 0) is 17.7 Å². The van der Waals surface area contributed by atoms with E-state index in [4.69, 9.17) is 4.42 Å². The van der Waals surface area contributed by atoms with Gasteiger partial charge in [0, 0.05) is 25.3 Å². The highest BCUT2D eigenvalue weighted by Gasteiger charge is 2.00. The Kier molecular flexibility index (Phi) is 6.05. The van der Waals surface area contributed by atoms with Gasteiger partial charge in [-0.3, -0.25) is 0 Å². The lowest BCUT2D eigenvalue weighted by Gasteiger charge is -2.04. The van der Waals surface area contributed by atoms with Crippen molar-refractivity contribution in [2.24, 2.45) is 0 Å². The number of benzene rings is 1. The van der Waals surface area contributed by atoms with E-state index >= 15 is 0 Å². The number of thioether (sulfide) groups is 1. The van der Waals surface area contributed by atoms with E-state index < -0.39 is 0 Å². The summed E-state index contributed by atoms with van der Waals surface area (Å²) >= 11 is 1.91. The normalized spacial score (nSPS) is 10.8. The maximum absolute atomic E-state index is 5.67. The molecule has 1 heterocycles. The molecule has 1 aromatic heterocycles. The fourth-order valence-electron chi connectivity index (χ4n) is 1.84. The predicted molar refractivity (Wildman–Crippen MR) is 82.4 cm³/mol. The summed E-state index contributed by atoms with van der Waals surface area (Å²) in [6.45, 7) is 4.09. The average Bonchev–Trinajstić information content (AvgIpc) is 2.92. The molecule has 0 fully saturated rings. The molecule has 0 aliphatic heterocycles. The summed E-state index contributed by atoms with van der Waals surface area (Å²) in [5.74, 6) is 4.24. The molecule has 19 heavy (non-hydrogen) atoms. The standard InChI is InChI=1S/C16H21NOS/c1-2-15-8-9-16(18-15)13-19-11-10-17-12-14-6-4-3-5-7-14/h3-9,17H,2,10-13H2,1H3. The number of hydrogen-bond donors (Lipinski definition) is 1. The molecular formula is C16H21NOS. The zero-order chi connectivity index (χ0) is 13.3. The van der Waals surface area contributed by atoms with Crippen molar-refractivity contribution in [1.82, 2.24) is 5.32 Å². The molecular weight excluding hydrogens is 254 g/mol. The maximum atomic E-state index is 5.67. The summed E-state index contributed by atoms with van der Waals surface area (Å²) in [6, 6.07) is 14.7. The van der Waals surface area contributed by atoms with Crippen LogP contribution in [0.1, 0.15) is 24.0 Å². The highest BCUT2D eigenvalue weighted by Crippen LogP contribution is 2.15. The van der Waals surface area contributed by atoms with Gasteiger partial charge in [0.25, 0.3) is 0 Å². The third-order valence-corrected chi connectivity index (χ3v) is 3.89. The van der Waals surface area contributed by atoms with Gasteiger partial charge in [0.2, 0.25) is 0 Å². The zero-order valence-electron chi connectivity index (χ0n) is 11.4. The topological polar surface area (TPSA) is 25.2 Å². The second-order valence-electron chi connectivity index (χ2n) is 4.44. The van der Waals surface area contributed by atoms with Crippen LogP contribution in [0.2, 0.25) is 0 Å². The van der Waals surface area contributed by atoms with Crippen LogP contribution in [0.4, 0.5) is 0 Å². The van der Waals surface area contributed by atoms with Gasteiger partial charge in [0.05, 0.1) is 5.75 Å². The Bertz CT molecular complexity index is 467. The Labute approximate surface area is 119 Å². The van der Waals surface area contributed by atoms with E-state index in [1.807, 2.05) is 17.8 Å². The third kappa shape index (κ3) is 5.13. The van der Waals surface area contributed by atoms with Crippen molar-refractivity contribution >= 4 is 11.8 Å². The van der Waals surface area contributed by atoms with Crippen molar-refractivity contribution in [3.63, 3.8) is 0 Å². The fourth-order valence-corrected chi connectivity index (χ4v) is 2.62. The van der Waals surface area contributed by atoms with E-state index in [1.165, 1.54) is 5.56 Å². The number of hydrogen-bond acceptors (Lipinski definition) is 3. The van der Waals surface area contributed by atoms with Crippen molar-refractivity contribution in [1.29, 1.82) is 0 Å². The van der Waals surface area contributed by atoms with E-state index in [1.54, 1.807) is 0 Å². The van der Waals surface area contributed by atoms with E-state index in [-0.39, 0.29) is 0 Å². The van der Waals surface area contributed by atoms with Gasteiger partial charge in [0.15, 0.2) is 0 Å². The Morgan fingerprint density at radius 3 is 2.58 bits per heavy atom. The fraction of sp³-hybridized carbons (Fsp3) is 0.375. The molecule has 2 rings (SSSR count). The molecule has 2 nitrogen and oxygen atoms in total. The molecule has 0 aliphatic rings. The molecule has 0 amide bonds. The summed E-state index contributed by atoms with van der Waals surface area (Å²) < 4.78 is 5.67. The minimum atomic E-state index is 0.947. The van der Waals surface area contributed by atoms with Crippen LogP contribution in [0.15, 0.2) is 46.9 Å². The number of furan rings is 1. The number of aryl methyl sites for hydroxylation is 1. The third-order valence-electron chi connectivity index (χ3n) is 2.91. The van der Waals surface area contributed by atoms with Crippen LogP contribution in [0.25, 0.3) is 0 Å². The molecule has 0 saturated carbocycles. The second kappa shape index (κ2) is 8.08. The van der Waals surface area contributed by atoms with Gasteiger partial charge in [-0.15, -0.1) is 0 Å². The summed E-state index contributed by atoms with van der Waals surface area (Å²) in [7, 11) is 0. The van der Waals surface area contributed by atoms with Crippen LogP contribution in [-0.2, 0) is 18.7 Å². The Morgan fingerprint density at radius 2 is 1.84 bits per heavy atom. The number of nitrogens with one attached hydrogen (secondary N) is 1. The van der Waals surface area contributed by atoms with E-state index in [2.05, 4.69) is 48.6 Å². The van der Waals surface area contributed by atoms with Crippen LogP contribution >= 0.6 is 11.8 Å². The van der Waals surface area contributed by atoms with Gasteiger partial charge >= 0.3 is 0 Å². The lowest BCUT2D eigenvalue weighted by atomic mass is 10.2. The first-order valence-electron chi connectivity index (χ1n) is 6.78. The van der Waals surface area contributed by atoms with Crippen molar-refractivity contribution in [3.8, 4) is 0 Å². The van der Waals surface area contributed by atoms with Crippen LogP contribution in [0.5, 0.6) is 0 Å². The summed E-state index contributed by atoms with van der Waals surface area (Å²) in [4.78, 5) is 0. The molecule has 0 unspecified atom stereocenters. The van der Waals surface area contributed by atoms with Crippen molar-refractivity contribution in [2.45, 2.75) is 25.6 Å². The lowest BCUT2D eigenvalue weighted by molar-refractivity contribution is 0.485. The van der Waals surface area contributed by atoms with Crippen molar-refractivity contribution in [3.05, 3.63) is 59.5 Å². The molecule has 1 N–H and O–H groups in total. The van der Waals surface area contributed by atoms with Crippen LogP contribution in [-0.4, -0.2) is 12.3 Å². The van der Waals surface area contributed by atoms with Gasteiger partial charge in [0.1, 0.15) is 11.5 Å². The van der Waals surface area contributed by atoms with Gasteiger partial charge < -0.3 is 9.73 Å². The average molecular weight is 275 g/mol. The molecule has 0 radical (unpaired) electrons. The molecule has 2 aromatic rings. The minimum absolute atomic E-state index is 0.947. The molecule has 102 valence electrons. The molecule has 0 bridgehead atoms. The number of rotatable bonds is 8. The maximum Gasteiger partial charge on any atom is 0.114 e. The Balaban J connectivity index is 1.55. The van der Waals surface area contributed by atoms with Crippen LogP contribution in [0.3, 0.4) is 0 Å². The Hall–Kier alpha value is -1.19. The SMILES string of the molecule is CCc1ccc(CSCCNCc2ccccc2)o1. The molecule has 0 atom stereocenters. The van der Waals surface area contributed by atoms with E-state index in [0.29, 0.717) is 0 Å². The monoisotopic (exact) mass is 275 g/mol. The lowest BCUT2D eigenvalue weighted by Crippen LogP contribution is -2.16. The Morgan fingerprint density at radius 1 is 1.05 bits per heavy atom. The molecule has 0 spiro atoms. The highest BCUT2D eigenvalue weighted by molar-refractivity contribution is 7.98. The summed E-state index contributed by atoms with van der Waals surface area (Å²) in [5, 5.41) is 3.45. The quantitative estimate of drug-likeness (QED) is 0.740. The van der Waals surface area contributed by atoms with E-state index in [9.17, 15) is 0 Å².